The molecule has 1 aliphatic rings. The Morgan fingerprint density at radius 1 is 1.42 bits per heavy atom. The molecule has 1 atom stereocenters. The van der Waals surface area contributed by atoms with Crippen molar-refractivity contribution in [2.24, 2.45) is 0 Å². The van der Waals surface area contributed by atoms with E-state index in [-0.39, 0.29) is 17.9 Å². The van der Waals surface area contributed by atoms with Gasteiger partial charge in [0, 0.05) is 19.7 Å². The Hall–Kier alpha value is -2.57. The molecule has 0 aliphatic carbocycles. The molecular formula is C17H22N4O3. The average Bonchev–Trinajstić information content (AvgIpc) is 3.26. The second-order valence-electron chi connectivity index (χ2n) is 6.21. The van der Waals surface area contributed by atoms with Crippen LogP contribution in [0, 0.1) is 6.92 Å². The number of nitrogens with zero attached hydrogens (tertiary/aromatic N) is 3. The maximum Gasteiger partial charge on any atom is 0.289 e. The molecule has 1 saturated heterocycles. The highest BCUT2D eigenvalue weighted by Crippen LogP contribution is 2.22. The molecule has 0 saturated carbocycles. The Bertz CT molecular complexity index is 734. The molecule has 2 aromatic heterocycles. The van der Waals surface area contributed by atoms with E-state index < -0.39 is 0 Å². The molecule has 1 fully saturated rings. The quantitative estimate of drug-likeness (QED) is 0.905. The van der Waals surface area contributed by atoms with E-state index in [1.807, 2.05) is 28.9 Å². The fraction of sp³-hybridized carbons (Fsp3) is 0.471. The van der Waals surface area contributed by atoms with Gasteiger partial charge in [-0.05, 0) is 37.5 Å². The normalized spacial score (nSPS) is 17.2. The lowest BCUT2D eigenvalue weighted by molar-refractivity contribution is -0.119. The number of furan rings is 1. The highest BCUT2D eigenvalue weighted by Gasteiger charge is 2.31. The summed E-state index contributed by atoms with van der Waals surface area (Å²) in [5.41, 5.74) is 1.11. The Morgan fingerprint density at radius 3 is 2.96 bits per heavy atom. The van der Waals surface area contributed by atoms with Crippen molar-refractivity contribution in [3.8, 4) is 0 Å². The maximum absolute atomic E-state index is 12.7. The van der Waals surface area contributed by atoms with Gasteiger partial charge in [-0.15, -0.1) is 0 Å². The van der Waals surface area contributed by atoms with E-state index in [1.54, 1.807) is 12.1 Å². The van der Waals surface area contributed by atoms with Gasteiger partial charge in [-0.3, -0.25) is 14.3 Å². The first kappa shape index (κ1) is 16.3. The standard InChI is InChI=1S/C17H22N4O3/c1-12-8-19-20(10-12)11-14-4-3-7-21(14)17(23)16-6-5-15(24-16)9-18-13(2)22/h5-6,8,10,14H,3-4,7,9,11H2,1-2H3,(H,18,22)/t14-/m1/s1. The van der Waals surface area contributed by atoms with Gasteiger partial charge in [-0.2, -0.15) is 5.10 Å². The van der Waals surface area contributed by atoms with Crippen molar-refractivity contribution in [1.82, 2.24) is 20.0 Å². The van der Waals surface area contributed by atoms with Crippen LogP contribution in [0.15, 0.2) is 28.9 Å². The Labute approximate surface area is 140 Å². The number of aryl methyl sites for hydroxylation is 1. The predicted octanol–water partition coefficient (Wildman–Crippen LogP) is 1.73. The third kappa shape index (κ3) is 3.67. The molecule has 0 radical (unpaired) electrons. The van der Waals surface area contributed by atoms with E-state index >= 15 is 0 Å². The summed E-state index contributed by atoms with van der Waals surface area (Å²) < 4.78 is 7.47. The van der Waals surface area contributed by atoms with Gasteiger partial charge in [0.05, 0.1) is 25.3 Å². The van der Waals surface area contributed by atoms with Crippen LogP contribution in [0.1, 0.15) is 41.6 Å². The van der Waals surface area contributed by atoms with Gasteiger partial charge in [0.2, 0.25) is 5.91 Å². The lowest BCUT2D eigenvalue weighted by Crippen LogP contribution is -2.38. The molecule has 0 aromatic carbocycles. The number of rotatable bonds is 5. The van der Waals surface area contributed by atoms with E-state index in [9.17, 15) is 9.59 Å². The van der Waals surface area contributed by atoms with Crippen LogP contribution in [-0.4, -0.2) is 39.1 Å². The van der Waals surface area contributed by atoms with Crippen molar-refractivity contribution < 1.29 is 14.0 Å². The van der Waals surface area contributed by atoms with Crippen molar-refractivity contribution in [2.45, 2.75) is 45.8 Å². The van der Waals surface area contributed by atoms with Gasteiger partial charge >= 0.3 is 0 Å². The molecule has 128 valence electrons. The summed E-state index contributed by atoms with van der Waals surface area (Å²) in [7, 11) is 0. The number of hydrogen-bond donors (Lipinski definition) is 1. The van der Waals surface area contributed by atoms with E-state index in [0.29, 0.717) is 24.6 Å². The summed E-state index contributed by atoms with van der Waals surface area (Å²) in [4.78, 5) is 25.5. The minimum absolute atomic E-state index is 0.101. The van der Waals surface area contributed by atoms with Gasteiger partial charge in [-0.1, -0.05) is 0 Å². The van der Waals surface area contributed by atoms with Crippen molar-refractivity contribution in [3.63, 3.8) is 0 Å². The molecule has 1 N–H and O–H groups in total. The lowest BCUT2D eigenvalue weighted by atomic mass is 10.2. The molecule has 24 heavy (non-hydrogen) atoms. The molecule has 1 aliphatic heterocycles. The molecule has 2 amide bonds. The second kappa shape index (κ2) is 6.90. The first-order valence-corrected chi connectivity index (χ1v) is 8.16. The summed E-state index contributed by atoms with van der Waals surface area (Å²) >= 11 is 0. The van der Waals surface area contributed by atoms with E-state index in [1.165, 1.54) is 6.92 Å². The van der Waals surface area contributed by atoms with Gasteiger partial charge < -0.3 is 14.6 Å². The maximum atomic E-state index is 12.7. The number of aromatic nitrogens is 2. The monoisotopic (exact) mass is 330 g/mol. The highest BCUT2D eigenvalue weighted by molar-refractivity contribution is 5.92. The number of hydrogen-bond acceptors (Lipinski definition) is 4. The second-order valence-corrected chi connectivity index (χ2v) is 6.21. The van der Waals surface area contributed by atoms with Crippen LogP contribution in [-0.2, 0) is 17.9 Å². The third-order valence-corrected chi connectivity index (χ3v) is 4.18. The topological polar surface area (TPSA) is 80.4 Å². The minimum atomic E-state index is -0.131. The van der Waals surface area contributed by atoms with Crippen molar-refractivity contribution in [1.29, 1.82) is 0 Å². The number of nitrogens with one attached hydrogen (secondary N) is 1. The first-order chi connectivity index (χ1) is 11.5. The summed E-state index contributed by atoms with van der Waals surface area (Å²) in [6.07, 6.45) is 5.75. The van der Waals surface area contributed by atoms with Crippen LogP contribution in [0.5, 0.6) is 0 Å². The van der Waals surface area contributed by atoms with Crippen LogP contribution in [0.2, 0.25) is 0 Å². The molecule has 7 nitrogen and oxygen atoms in total. The molecule has 0 bridgehead atoms. The van der Waals surface area contributed by atoms with Crippen LogP contribution in [0.3, 0.4) is 0 Å². The van der Waals surface area contributed by atoms with Crippen LogP contribution < -0.4 is 5.32 Å². The number of likely N-dealkylation sites (tertiary alicyclic amines) is 1. The molecule has 7 heteroatoms. The summed E-state index contributed by atoms with van der Waals surface area (Å²) in [5, 5.41) is 6.96. The molecule has 3 rings (SSSR count). The molecular weight excluding hydrogens is 308 g/mol. The van der Waals surface area contributed by atoms with Crippen LogP contribution >= 0.6 is 0 Å². The van der Waals surface area contributed by atoms with E-state index in [0.717, 1.165) is 24.9 Å². The van der Waals surface area contributed by atoms with Gasteiger partial charge in [0.1, 0.15) is 5.76 Å². The Kier molecular flexibility index (Phi) is 4.69. The zero-order valence-corrected chi connectivity index (χ0v) is 14.0. The highest BCUT2D eigenvalue weighted by atomic mass is 16.4. The lowest BCUT2D eigenvalue weighted by Gasteiger charge is -2.23. The number of amides is 2. The fourth-order valence-corrected chi connectivity index (χ4v) is 3.02. The van der Waals surface area contributed by atoms with E-state index in [2.05, 4.69) is 10.4 Å². The first-order valence-electron chi connectivity index (χ1n) is 8.16. The van der Waals surface area contributed by atoms with Gasteiger partial charge in [0.15, 0.2) is 5.76 Å². The summed E-state index contributed by atoms with van der Waals surface area (Å²) in [5.74, 6) is 0.662. The Balaban J connectivity index is 1.65. The Morgan fingerprint density at radius 2 is 2.25 bits per heavy atom. The zero-order chi connectivity index (χ0) is 17.1. The average molecular weight is 330 g/mol. The summed E-state index contributed by atoms with van der Waals surface area (Å²) in [6, 6.07) is 3.53. The summed E-state index contributed by atoms with van der Waals surface area (Å²) in [6.45, 7) is 5.16. The molecule has 2 aromatic rings. The SMILES string of the molecule is CC(=O)NCc1ccc(C(=O)N2CCC[C@@H]2Cn2cc(C)cn2)o1. The number of carbonyl (C=O) groups excluding carboxylic acids is 2. The predicted molar refractivity (Wildman–Crippen MR) is 87.3 cm³/mol. The largest absolute Gasteiger partial charge is 0.454 e. The third-order valence-electron chi connectivity index (χ3n) is 4.18. The smallest absolute Gasteiger partial charge is 0.289 e. The van der Waals surface area contributed by atoms with Crippen molar-refractivity contribution in [3.05, 3.63) is 41.6 Å². The zero-order valence-electron chi connectivity index (χ0n) is 14.0. The molecule has 3 heterocycles. The van der Waals surface area contributed by atoms with Crippen LogP contribution in [0.25, 0.3) is 0 Å². The van der Waals surface area contributed by atoms with Crippen molar-refractivity contribution >= 4 is 11.8 Å². The molecule has 0 spiro atoms. The molecule has 0 unspecified atom stereocenters. The van der Waals surface area contributed by atoms with E-state index in [4.69, 9.17) is 4.42 Å². The minimum Gasteiger partial charge on any atom is -0.454 e. The van der Waals surface area contributed by atoms with Gasteiger partial charge in [-0.25, -0.2) is 0 Å². The van der Waals surface area contributed by atoms with Crippen LogP contribution in [0.4, 0.5) is 0 Å². The van der Waals surface area contributed by atoms with Gasteiger partial charge in [0.25, 0.3) is 5.91 Å². The van der Waals surface area contributed by atoms with Crippen molar-refractivity contribution in [2.75, 3.05) is 6.54 Å². The number of carbonyl (C=O) groups is 2. The fourth-order valence-electron chi connectivity index (χ4n) is 3.02.